The molecule has 1 unspecified atom stereocenters. The fraction of sp³-hybridized carbons (Fsp3) is 0.571. The highest BCUT2D eigenvalue weighted by Gasteiger charge is 2.12. The van der Waals surface area contributed by atoms with E-state index in [2.05, 4.69) is 12.2 Å². The number of hydrogen-bond donors (Lipinski definition) is 1. The molecule has 4 nitrogen and oxygen atoms in total. The maximum atomic E-state index is 5.40. The monoisotopic (exact) mass is 253 g/mol. The zero-order chi connectivity index (χ0) is 13.5. The van der Waals surface area contributed by atoms with Crippen LogP contribution >= 0.6 is 0 Å². The summed E-state index contributed by atoms with van der Waals surface area (Å²) in [6.45, 7) is 2.16. The summed E-state index contributed by atoms with van der Waals surface area (Å²) >= 11 is 0. The van der Waals surface area contributed by atoms with Crippen LogP contribution in [-0.4, -0.2) is 34.4 Å². The van der Waals surface area contributed by atoms with Gasteiger partial charge in [-0.15, -0.1) is 0 Å². The molecule has 0 heterocycles. The molecule has 1 aromatic rings. The van der Waals surface area contributed by atoms with Gasteiger partial charge in [0.05, 0.1) is 21.3 Å². The van der Waals surface area contributed by atoms with Gasteiger partial charge in [-0.3, -0.25) is 0 Å². The van der Waals surface area contributed by atoms with E-state index in [9.17, 15) is 0 Å². The molecule has 0 saturated carbocycles. The standard InChI is InChI=1S/C14H23NO3/c1-10(15-2)6-7-11-8-13(17-4)14(18-5)9-12(11)16-3/h8-10,15H,6-7H2,1-5H3. The van der Waals surface area contributed by atoms with Gasteiger partial charge in [0.15, 0.2) is 11.5 Å². The van der Waals surface area contributed by atoms with E-state index in [0.29, 0.717) is 11.8 Å². The van der Waals surface area contributed by atoms with Gasteiger partial charge in [0.1, 0.15) is 5.75 Å². The van der Waals surface area contributed by atoms with Gasteiger partial charge in [0, 0.05) is 12.1 Å². The number of ether oxygens (including phenoxy) is 3. The first-order valence-electron chi connectivity index (χ1n) is 6.12. The van der Waals surface area contributed by atoms with Crippen LogP contribution in [0.25, 0.3) is 0 Å². The second-order valence-corrected chi connectivity index (χ2v) is 4.25. The van der Waals surface area contributed by atoms with Crippen molar-refractivity contribution in [3.05, 3.63) is 17.7 Å². The fourth-order valence-corrected chi connectivity index (χ4v) is 1.80. The zero-order valence-electron chi connectivity index (χ0n) is 11.9. The van der Waals surface area contributed by atoms with E-state index in [1.54, 1.807) is 21.3 Å². The van der Waals surface area contributed by atoms with Gasteiger partial charge < -0.3 is 19.5 Å². The maximum Gasteiger partial charge on any atom is 0.164 e. The molecule has 102 valence electrons. The Balaban J connectivity index is 2.94. The van der Waals surface area contributed by atoms with Crippen LogP contribution in [-0.2, 0) is 6.42 Å². The van der Waals surface area contributed by atoms with Crippen molar-refractivity contribution in [2.75, 3.05) is 28.4 Å². The second-order valence-electron chi connectivity index (χ2n) is 4.25. The second kappa shape index (κ2) is 7.11. The largest absolute Gasteiger partial charge is 0.496 e. The molecule has 0 aliphatic rings. The smallest absolute Gasteiger partial charge is 0.164 e. The fourth-order valence-electron chi connectivity index (χ4n) is 1.80. The van der Waals surface area contributed by atoms with E-state index >= 15 is 0 Å². The van der Waals surface area contributed by atoms with Crippen molar-refractivity contribution in [3.63, 3.8) is 0 Å². The highest BCUT2D eigenvalue weighted by Crippen LogP contribution is 2.35. The minimum atomic E-state index is 0.475. The van der Waals surface area contributed by atoms with Crippen molar-refractivity contribution in [3.8, 4) is 17.2 Å². The molecule has 0 spiro atoms. The lowest BCUT2D eigenvalue weighted by atomic mass is 10.0. The van der Waals surface area contributed by atoms with Gasteiger partial charge in [-0.2, -0.15) is 0 Å². The Bertz CT molecular complexity index is 380. The first kappa shape index (κ1) is 14.6. The zero-order valence-corrected chi connectivity index (χ0v) is 11.9. The lowest BCUT2D eigenvalue weighted by Gasteiger charge is -2.15. The number of hydrogen-bond acceptors (Lipinski definition) is 4. The summed E-state index contributed by atoms with van der Waals surface area (Å²) in [5, 5.41) is 3.23. The van der Waals surface area contributed by atoms with E-state index in [1.165, 1.54) is 0 Å². The molecule has 18 heavy (non-hydrogen) atoms. The predicted molar refractivity (Wildman–Crippen MR) is 72.9 cm³/mol. The predicted octanol–water partition coefficient (Wildman–Crippen LogP) is 2.25. The van der Waals surface area contributed by atoms with Crippen LogP contribution in [0, 0.1) is 0 Å². The third kappa shape index (κ3) is 3.53. The van der Waals surface area contributed by atoms with E-state index in [0.717, 1.165) is 29.9 Å². The number of methoxy groups -OCH3 is 3. The number of rotatable bonds is 7. The molecule has 0 bridgehead atoms. The van der Waals surface area contributed by atoms with Crippen molar-refractivity contribution in [2.45, 2.75) is 25.8 Å². The number of benzene rings is 1. The normalized spacial score (nSPS) is 12.1. The van der Waals surface area contributed by atoms with Crippen LogP contribution in [0.1, 0.15) is 18.9 Å². The average molecular weight is 253 g/mol. The van der Waals surface area contributed by atoms with Crippen LogP contribution < -0.4 is 19.5 Å². The molecule has 4 heteroatoms. The summed E-state index contributed by atoms with van der Waals surface area (Å²) < 4.78 is 16.0. The molecule has 0 amide bonds. The number of aryl methyl sites for hydroxylation is 1. The first-order chi connectivity index (χ1) is 8.65. The molecule has 0 saturated heterocycles. The van der Waals surface area contributed by atoms with Crippen LogP contribution in [0.4, 0.5) is 0 Å². The summed E-state index contributed by atoms with van der Waals surface area (Å²) in [6.07, 6.45) is 1.98. The minimum absolute atomic E-state index is 0.475. The van der Waals surface area contributed by atoms with Gasteiger partial charge in [-0.25, -0.2) is 0 Å². The van der Waals surface area contributed by atoms with Gasteiger partial charge in [0.25, 0.3) is 0 Å². The molecule has 1 aromatic carbocycles. The summed E-state index contributed by atoms with van der Waals surface area (Å²) in [6, 6.07) is 4.33. The summed E-state index contributed by atoms with van der Waals surface area (Å²) in [5.41, 5.74) is 1.14. The Labute approximate surface area is 109 Å². The van der Waals surface area contributed by atoms with E-state index in [1.807, 2.05) is 19.2 Å². The van der Waals surface area contributed by atoms with Gasteiger partial charge >= 0.3 is 0 Å². The molecule has 0 radical (unpaired) electrons. The maximum absolute atomic E-state index is 5.40. The van der Waals surface area contributed by atoms with Crippen molar-refractivity contribution in [2.24, 2.45) is 0 Å². The van der Waals surface area contributed by atoms with Crippen molar-refractivity contribution in [1.82, 2.24) is 5.32 Å². The van der Waals surface area contributed by atoms with Crippen LogP contribution in [0.15, 0.2) is 12.1 Å². The van der Waals surface area contributed by atoms with Crippen molar-refractivity contribution >= 4 is 0 Å². The molecule has 1 N–H and O–H groups in total. The molecule has 1 rings (SSSR count). The van der Waals surface area contributed by atoms with Crippen molar-refractivity contribution in [1.29, 1.82) is 0 Å². The Kier molecular flexibility index (Phi) is 5.78. The Morgan fingerprint density at radius 2 is 1.56 bits per heavy atom. The van der Waals surface area contributed by atoms with Crippen LogP contribution in [0.5, 0.6) is 17.2 Å². The Morgan fingerprint density at radius 1 is 1.00 bits per heavy atom. The molecular weight excluding hydrogens is 230 g/mol. The Morgan fingerprint density at radius 3 is 2.06 bits per heavy atom. The highest BCUT2D eigenvalue weighted by molar-refractivity contribution is 5.50. The topological polar surface area (TPSA) is 39.7 Å². The van der Waals surface area contributed by atoms with E-state index in [4.69, 9.17) is 14.2 Å². The molecule has 0 aromatic heterocycles. The van der Waals surface area contributed by atoms with E-state index in [-0.39, 0.29) is 0 Å². The number of nitrogens with one attached hydrogen (secondary N) is 1. The third-order valence-corrected chi connectivity index (χ3v) is 3.13. The molecule has 0 fully saturated rings. The molecule has 0 aliphatic carbocycles. The third-order valence-electron chi connectivity index (χ3n) is 3.13. The highest BCUT2D eigenvalue weighted by atomic mass is 16.5. The van der Waals surface area contributed by atoms with Gasteiger partial charge in [-0.05, 0) is 38.4 Å². The van der Waals surface area contributed by atoms with Gasteiger partial charge in [-0.1, -0.05) is 0 Å². The SMILES string of the molecule is CNC(C)CCc1cc(OC)c(OC)cc1OC. The molecule has 0 aliphatic heterocycles. The summed E-state index contributed by atoms with van der Waals surface area (Å²) in [5.74, 6) is 2.28. The van der Waals surface area contributed by atoms with Crippen molar-refractivity contribution < 1.29 is 14.2 Å². The molecule has 1 atom stereocenters. The quantitative estimate of drug-likeness (QED) is 0.809. The first-order valence-corrected chi connectivity index (χ1v) is 6.12. The Hall–Kier alpha value is -1.42. The summed E-state index contributed by atoms with van der Waals surface area (Å²) in [7, 11) is 6.91. The minimum Gasteiger partial charge on any atom is -0.496 e. The lowest BCUT2D eigenvalue weighted by Crippen LogP contribution is -2.21. The summed E-state index contributed by atoms with van der Waals surface area (Å²) in [4.78, 5) is 0. The lowest BCUT2D eigenvalue weighted by molar-refractivity contribution is 0.347. The van der Waals surface area contributed by atoms with Crippen LogP contribution in [0.3, 0.4) is 0 Å². The average Bonchev–Trinajstić information content (AvgIpc) is 2.43. The van der Waals surface area contributed by atoms with Crippen LogP contribution in [0.2, 0.25) is 0 Å². The van der Waals surface area contributed by atoms with Gasteiger partial charge in [0.2, 0.25) is 0 Å². The molecular formula is C14H23NO3. The van der Waals surface area contributed by atoms with E-state index < -0.39 is 0 Å².